The molecule has 2 N–H and O–H groups in total. The van der Waals surface area contributed by atoms with Crippen LogP contribution in [0.25, 0.3) is 0 Å². The molecule has 0 aromatic heterocycles. The van der Waals surface area contributed by atoms with Crippen LogP contribution in [-0.2, 0) is 12.8 Å². The van der Waals surface area contributed by atoms with Gasteiger partial charge < -0.3 is 15.5 Å². The van der Waals surface area contributed by atoms with Crippen LogP contribution in [0, 0.1) is 0 Å². The lowest BCUT2D eigenvalue weighted by Gasteiger charge is -2.43. The van der Waals surface area contributed by atoms with E-state index in [-0.39, 0.29) is 5.54 Å². The molecule has 0 fully saturated rings. The van der Waals surface area contributed by atoms with Gasteiger partial charge in [-0.25, -0.2) is 0 Å². The molecule has 0 saturated heterocycles. The molecule has 1 aromatic rings. The summed E-state index contributed by atoms with van der Waals surface area (Å²) >= 11 is 3.57. The molecule has 1 aromatic carbocycles. The molecular weight excluding hydrogens is 328 g/mol. The molecule has 21 heavy (non-hydrogen) atoms. The molecule has 1 heterocycles. The van der Waals surface area contributed by atoms with Gasteiger partial charge >= 0.3 is 0 Å². The number of nitrogens with zero attached hydrogens (tertiary/aromatic N) is 3. The summed E-state index contributed by atoms with van der Waals surface area (Å²) in [5.41, 5.74) is 9.18. The molecule has 1 aliphatic carbocycles. The van der Waals surface area contributed by atoms with Crippen molar-refractivity contribution < 1.29 is 0 Å². The predicted molar refractivity (Wildman–Crippen MR) is 90.6 cm³/mol. The number of halogens is 1. The number of rotatable bonds is 3. The highest BCUT2D eigenvalue weighted by molar-refractivity contribution is 9.10. The minimum absolute atomic E-state index is 0.0981. The SMILES string of the molecule is CN(C)CCN1C(N)=NCC12CCc1cc(Br)ccc1C2. The van der Waals surface area contributed by atoms with Crippen LogP contribution in [0.3, 0.4) is 0 Å². The van der Waals surface area contributed by atoms with Crippen molar-refractivity contribution in [2.45, 2.75) is 24.8 Å². The molecule has 1 unspecified atom stereocenters. The number of guanidine groups is 1. The summed E-state index contributed by atoms with van der Waals surface area (Å²) in [7, 11) is 4.20. The van der Waals surface area contributed by atoms with Crippen molar-refractivity contribution >= 4 is 21.9 Å². The Morgan fingerprint density at radius 3 is 2.95 bits per heavy atom. The van der Waals surface area contributed by atoms with E-state index in [2.05, 4.69) is 63.0 Å². The van der Waals surface area contributed by atoms with E-state index in [1.807, 2.05) is 0 Å². The first-order chi connectivity index (χ1) is 10.00. The lowest BCUT2D eigenvalue weighted by atomic mass is 9.77. The smallest absolute Gasteiger partial charge is 0.191 e. The number of likely N-dealkylation sites (N-methyl/N-ethyl adjacent to an activating group) is 1. The average molecular weight is 351 g/mol. The van der Waals surface area contributed by atoms with Crippen molar-refractivity contribution in [3.8, 4) is 0 Å². The van der Waals surface area contributed by atoms with Crippen LogP contribution in [0.15, 0.2) is 27.7 Å². The Morgan fingerprint density at radius 2 is 2.19 bits per heavy atom. The third-order valence-corrected chi connectivity index (χ3v) is 5.20. The molecule has 1 spiro atoms. The van der Waals surface area contributed by atoms with Crippen LogP contribution >= 0.6 is 15.9 Å². The second kappa shape index (κ2) is 5.61. The molecular formula is C16H23BrN4. The Bertz CT molecular complexity index is 569. The number of nitrogens with two attached hydrogens (primary N) is 1. The van der Waals surface area contributed by atoms with Crippen LogP contribution in [0.1, 0.15) is 17.5 Å². The van der Waals surface area contributed by atoms with E-state index in [1.165, 1.54) is 15.6 Å². The maximum atomic E-state index is 6.16. The van der Waals surface area contributed by atoms with Gasteiger partial charge in [0, 0.05) is 17.6 Å². The fraction of sp³-hybridized carbons (Fsp3) is 0.562. The van der Waals surface area contributed by atoms with Crippen molar-refractivity contribution in [1.29, 1.82) is 0 Å². The molecule has 2 aliphatic rings. The van der Waals surface area contributed by atoms with Gasteiger partial charge in [0.25, 0.3) is 0 Å². The topological polar surface area (TPSA) is 44.9 Å². The van der Waals surface area contributed by atoms with E-state index in [9.17, 15) is 0 Å². The maximum absolute atomic E-state index is 6.16. The minimum Gasteiger partial charge on any atom is -0.370 e. The number of hydrogen-bond acceptors (Lipinski definition) is 4. The van der Waals surface area contributed by atoms with Gasteiger partial charge in [-0.1, -0.05) is 22.0 Å². The summed E-state index contributed by atoms with van der Waals surface area (Å²) in [6, 6.07) is 6.64. The Hall–Kier alpha value is -1.07. The fourth-order valence-corrected chi connectivity index (χ4v) is 3.88. The van der Waals surface area contributed by atoms with Crippen molar-refractivity contribution in [2.24, 2.45) is 10.7 Å². The van der Waals surface area contributed by atoms with Crippen molar-refractivity contribution in [2.75, 3.05) is 33.7 Å². The summed E-state index contributed by atoms with van der Waals surface area (Å²) in [5, 5.41) is 0. The van der Waals surface area contributed by atoms with E-state index < -0.39 is 0 Å². The zero-order valence-electron chi connectivity index (χ0n) is 12.8. The Labute approximate surface area is 135 Å². The molecule has 4 nitrogen and oxygen atoms in total. The standard InChI is InChI=1S/C16H23BrN4/c1-20(2)7-8-21-15(18)19-11-16(21)6-5-12-9-14(17)4-3-13(12)10-16/h3-4,9H,5-8,10-11H2,1-2H3,(H2,18,19). The molecule has 0 saturated carbocycles. The molecule has 0 amide bonds. The maximum Gasteiger partial charge on any atom is 0.191 e. The largest absolute Gasteiger partial charge is 0.370 e. The summed E-state index contributed by atoms with van der Waals surface area (Å²) in [6.45, 7) is 2.79. The third-order valence-electron chi connectivity index (χ3n) is 4.70. The van der Waals surface area contributed by atoms with Crippen molar-refractivity contribution in [3.63, 3.8) is 0 Å². The van der Waals surface area contributed by atoms with E-state index >= 15 is 0 Å². The van der Waals surface area contributed by atoms with E-state index in [4.69, 9.17) is 5.73 Å². The lowest BCUT2D eigenvalue weighted by molar-refractivity contribution is 0.164. The highest BCUT2D eigenvalue weighted by atomic mass is 79.9. The van der Waals surface area contributed by atoms with Gasteiger partial charge in [0.2, 0.25) is 0 Å². The highest BCUT2D eigenvalue weighted by Crippen LogP contribution is 2.37. The quantitative estimate of drug-likeness (QED) is 0.904. The minimum atomic E-state index is 0.0981. The van der Waals surface area contributed by atoms with Crippen LogP contribution in [-0.4, -0.2) is 55.0 Å². The third kappa shape index (κ3) is 2.81. The Balaban J connectivity index is 1.83. The van der Waals surface area contributed by atoms with E-state index in [0.29, 0.717) is 0 Å². The fourth-order valence-electron chi connectivity index (χ4n) is 3.47. The first kappa shape index (κ1) is 14.9. The Kier molecular flexibility index (Phi) is 3.97. The first-order valence-corrected chi connectivity index (χ1v) is 8.29. The van der Waals surface area contributed by atoms with Crippen LogP contribution in [0.5, 0.6) is 0 Å². The van der Waals surface area contributed by atoms with Gasteiger partial charge in [-0.05, 0) is 56.6 Å². The summed E-state index contributed by atoms with van der Waals surface area (Å²) < 4.78 is 1.17. The second-order valence-electron chi connectivity index (χ2n) is 6.44. The molecule has 0 bridgehead atoms. The molecule has 5 heteroatoms. The zero-order valence-corrected chi connectivity index (χ0v) is 14.4. The molecule has 3 rings (SSSR count). The lowest BCUT2D eigenvalue weighted by Crippen LogP contribution is -2.56. The van der Waals surface area contributed by atoms with Gasteiger partial charge in [-0.3, -0.25) is 4.99 Å². The Morgan fingerprint density at radius 1 is 1.38 bits per heavy atom. The number of hydrogen-bond donors (Lipinski definition) is 1. The van der Waals surface area contributed by atoms with Gasteiger partial charge in [-0.2, -0.15) is 0 Å². The van der Waals surface area contributed by atoms with Crippen LogP contribution < -0.4 is 5.73 Å². The normalized spacial score (nSPS) is 24.6. The number of benzene rings is 1. The molecule has 1 aliphatic heterocycles. The van der Waals surface area contributed by atoms with Crippen LogP contribution in [0.4, 0.5) is 0 Å². The number of fused-ring (bicyclic) bond motifs is 1. The van der Waals surface area contributed by atoms with Gasteiger partial charge in [0.05, 0.1) is 12.1 Å². The van der Waals surface area contributed by atoms with Gasteiger partial charge in [0.1, 0.15) is 0 Å². The number of aryl methyl sites for hydroxylation is 1. The summed E-state index contributed by atoms with van der Waals surface area (Å²) in [5.74, 6) is 0.720. The second-order valence-corrected chi connectivity index (χ2v) is 7.36. The molecule has 1 atom stereocenters. The van der Waals surface area contributed by atoms with Crippen molar-refractivity contribution in [1.82, 2.24) is 9.80 Å². The highest BCUT2D eigenvalue weighted by Gasteiger charge is 2.44. The van der Waals surface area contributed by atoms with E-state index in [1.54, 1.807) is 0 Å². The van der Waals surface area contributed by atoms with Gasteiger partial charge in [0.15, 0.2) is 5.96 Å². The summed E-state index contributed by atoms with van der Waals surface area (Å²) in [6.07, 6.45) is 3.29. The first-order valence-electron chi connectivity index (χ1n) is 7.50. The monoisotopic (exact) mass is 350 g/mol. The van der Waals surface area contributed by atoms with Gasteiger partial charge in [-0.15, -0.1) is 0 Å². The zero-order chi connectivity index (χ0) is 15.0. The number of aliphatic imine (C=N–C) groups is 1. The van der Waals surface area contributed by atoms with E-state index in [0.717, 1.165) is 44.9 Å². The predicted octanol–water partition coefficient (Wildman–Crippen LogP) is 1.87. The molecule has 0 radical (unpaired) electrons. The van der Waals surface area contributed by atoms with Crippen LogP contribution in [0.2, 0.25) is 0 Å². The summed E-state index contributed by atoms with van der Waals surface area (Å²) in [4.78, 5) is 9.10. The molecule has 114 valence electrons. The van der Waals surface area contributed by atoms with Crippen molar-refractivity contribution in [3.05, 3.63) is 33.8 Å². The average Bonchev–Trinajstić information content (AvgIpc) is 2.74.